The summed E-state index contributed by atoms with van der Waals surface area (Å²) in [5.74, 6) is 0.677. The van der Waals surface area contributed by atoms with Crippen LogP contribution in [0, 0.1) is 6.92 Å². The number of methoxy groups -OCH3 is 1. The fourth-order valence-electron chi connectivity index (χ4n) is 3.70. The number of amides is 1. The van der Waals surface area contributed by atoms with E-state index in [0.29, 0.717) is 22.8 Å². The molecular formula is C28H26FN3O3. The van der Waals surface area contributed by atoms with Crippen LogP contribution in [0.3, 0.4) is 0 Å². The third-order valence-corrected chi connectivity index (χ3v) is 5.40. The Morgan fingerprint density at radius 1 is 0.943 bits per heavy atom. The molecule has 6 nitrogen and oxygen atoms in total. The third kappa shape index (κ3) is 5.81. The smallest absolute Gasteiger partial charge is 0.253 e. The van der Waals surface area contributed by atoms with E-state index in [1.807, 2.05) is 55.5 Å². The van der Waals surface area contributed by atoms with Gasteiger partial charge in [-0.1, -0.05) is 36.4 Å². The second kappa shape index (κ2) is 11.2. The minimum Gasteiger partial charge on any atom is -0.493 e. The number of aryl methyl sites for hydroxylation is 1. The molecule has 4 rings (SSSR count). The van der Waals surface area contributed by atoms with Crippen molar-refractivity contribution in [1.82, 2.24) is 15.3 Å². The van der Waals surface area contributed by atoms with Crippen LogP contribution < -0.4 is 14.8 Å². The average Bonchev–Trinajstić information content (AvgIpc) is 2.90. The number of pyridine rings is 2. The molecule has 7 heteroatoms. The van der Waals surface area contributed by atoms with E-state index < -0.39 is 6.67 Å². The molecule has 0 unspecified atom stereocenters. The number of ether oxygens (including phenoxy) is 2. The molecule has 0 fully saturated rings. The summed E-state index contributed by atoms with van der Waals surface area (Å²) in [6.45, 7) is 1.60. The van der Waals surface area contributed by atoms with Crippen molar-refractivity contribution >= 4 is 5.91 Å². The number of aromatic nitrogens is 2. The summed E-state index contributed by atoms with van der Waals surface area (Å²) < 4.78 is 23.2. The highest BCUT2D eigenvalue weighted by molar-refractivity contribution is 6.01. The Balaban J connectivity index is 1.62. The highest BCUT2D eigenvalue weighted by atomic mass is 19.1. The van der Waals surface area contributed by atoms with Crippen LogP contribution in [-0.4, -0.2) is 36.3 Å². The Bertz CT molecular complexity index is 1310. The van der Waals surface area contributed by atoms with Crippen molar-refractivity contribution in [3.8, 4) is 33.9 Å². The molecule has 0 saturated heterocycles. The van der Waals surface area contributed by atoms with Crippen molar-refractivity contribution in [3.05, 3.63) is 95.9 Å². The van der Waals surface area contributed by atoms with Gasteiger partial charge in [-0.2, -0.15) is 0 Å². The first kappa shape index (κ1) is 23.9. The van der Waals surface area contributed by atoms with Crippen LogP contribution in [0.15, 0.2) is 79.3 Å². The van der Waals surface area contributed by atoms with Gasteiger partial charge in [0.05, 0.1) is 18.4 Å². The van der Waals surface area contributed by atoms with Crippen LogP contribution in [0.1, 0.15) is 21.5 Å². The van der Waals surface area contributed by atoms with Crippen LogP contribution in [0.25, 0.3) is 22.4 Å². The van der Waals surface area contributed by atoms with Crippen molar-refractivity contribution in [3.63, 3.8) is 0 Å². The monoisotopic (exact) mass is 471 g/mol. The molecular weight excluding hydrogens is 445 g/mol. The van der Waals surface area contributed by atoms with Crippen LogP contribution in [0.5, 0.6) is 11.5 Å². The molecule has 0 saturated carbocycles. The van der Waals surface area contributed by atoms with E-state index in [1.165, 1.54) is 7.11 Å². The number of carbonyl (C=O) groups is 1. The van der Waals surface area contributed by atoms with E-state index in [2.05, 4.69) is 15.3 Å². The van der Waals surface area contributed by atoms with Crippen LogP contribution in [0.2, 0.25) is 0 Å². The zero-order valence-corrected chi connectivity index (χ0v) is 19.6. The number of halogens is 1. The fraction of sp³-hybridized carbons (Fsp3) is 0.179. The first-order valence-electron chi connectivity index (χ1n) is 11.2. The molecule has 2 aromatic heterocycles. The highest BCUT2D eigenvalue weighted by Crippen LogP contribution is 2.29. The van der Waals surface area contributed by atoms with Gasteiger partial charge in [0.2, 0.25) is 0 Å². The number of hydrogen-bond acceptors (Lipinski definition) is 5. The number of nitrogens with zero attached hydrogens (tertiary/aromatic N) is 2. The SMILES string of the molecule is COc1cc(CNC(=O)c2cc(-c3cncc(C)c3)cnc2-c2ccccc2)ccc1OCCF. The van der Waals surface area contributed by atoms with Crippen molar-refractivity contribution in [2.24, 2.45) is 0 Å². The molecule has 0 atom stereocenters. The summed E-state index contributed by atoms with van der Waals surface area (Å²) in [5.41, 5.74) is 5.44. The Kier molecular flexibility index (Phi) is 7.67. The maximum absolute atomic E-state index is 13.4. The zero-order valence-electron chi connectivity index (χ0n) is 19.6. The predicted molar refractivity (Wildman–Crippen MR) is 133 cm³/mol. The van der Waals surface area contributed by atoms with Crippen molar-refractivity contribution < 1.29 is 18.7 Å². The van der Waals surface area contributed by atoms with Crippen molar-refractivity contribution in [2.75, 3.05) is 20.4 Å². The molecule has 1 amide bonds. The number of rotatable bonds is 9. The minimum absolute atomic E-state index is 0.0471. The van der Waals surface area contributed by atoms with Gasteiger partial charge in [0, 0.05) is 41.8 Å². The Morgan fingerprint density at radius 3 is 2.49 bits per heavy atom. The predicted octanol–water partition coefficient (Wildman–Crippen LogP) is 5.41. The first-order chi connectivity index (χ1) is 17.1. The van der Waals surface area contributed by atoms with Crippen LogP contribution in [0.4, 0.5) is 4.39 Å². The number of carbonyl (C=O) groups excluding carboxylic acids is 1. The minimum atomic E-state index is -0.587. The fourth-order valence-corrected chi connectivity index (χ4v) is 3.70. The lowest BCUT2D eigenvalue weighted by molar-refractivity contribution is 0.0951. The second-order valence-corrected chi connectivity index (χ2v) is 7.94. The summed E-state index contributed by atoms with van der Waals surface area (Å²) >= 11 is 0. The first-order valence-corrected chi connectivity index (χ1v) is 11.2. The van der Waals surface area contributed by atoms with E-state index in [4.69, 9.17) is 9.47 Å². The molecule has 178 valence electrons. The molecule has 35 heavy (non-hydrogen) atoms. The molecule has 0 bridgehead atoms. The van der Waals surface area contributed by atoms with E-state index in [1.54, 1.807) is 30.7 Å². The number of alkyl halides is 1. The summed E-state index contributed by atoms with van der Waals surface area (Å²) in [4.78, 5) is 22.3. The summed E-state index contributed by atoms with van der Waals surface area (Å²) in [7, 11) is 1.52. The van der Waals surface area contributed by atoms with Gasteiger partial charge in [0.1, 0.15) is 13.3 Å². The Labute approximate surface area is 203 Å². The zero-order chi connectivity index (χ0) is 24.6. The third-order valence-electron chi connectivity index (χ3n) is 5.40. The molecule has 0 radical (unpaired) electrons. The van der Waals surface area contributed by atoms with Gasteiger partial charge in [-0.3, -0.25) is 14.8 Å². The number of benzene rings is 2. The molecule has 0 aliphatic carbocycles. The van der Waals surface area contributed by atoms with Gasteiger partial charge >= 0.3 is 0 Å². The maximum atomic E-state index is 13.4. The molecule has 0 aliphatic rings. The average molecular weight is 472 g/mol. The van der Waals surface area contributed by atoms with Crippen molar-refractivity contribution in [2.45, 2.75) is 13.5 Å². The number of hydrogen-bond donors (Lipinski definition) is 1. The molecule has 2 aromatic carbocycles. The van der Waals surface area contributed by atoms with Crippen LogP contribution in [-0.2, 0) is 6.54 Å². The normalized spacial score (nSPS) is 10.6. The van der Waals surface area contributed by atoms with Crippen LogP contribution >= 0.6 is 0 Å². The molecule has 2 heterocycles. The Hall–Kier alpha value is -4.26. The quantitative estimate of drug-likeness (QED) is 0.354. The van der Waals surface area contributed by atoms with Gasteiger partial charge in [-0.05, 0) is 42.3 Å². The van der Waals surface area contributed by atoms with Gasteiger partial charge in [-0.25, -0.2) is 4.39 Å². The topological polar surface area (TPSA) is 73.3 Å². The largest absolute Gasteiger partial charge is 0.493 e. The lowest BCUT2D eigenvalue weighted by atomic mass is 10.0. The standard InChI is InChI=1S/C28H26FN3O3/c1-19-12-22(17-30-15-19)23-14-24(27(31-18-23)21-6-4-3-5-7-21)28(33)32-16-20-8-9-25(35-11-10-29)26(13-20)34-2/h3-9,12-15,17-18H,10-11,16H2,1-2H3,(H,32,33). The van der Waals surface area contributed by atoms with Gasteiger partial charge < -0.3 is 14.8 Å². The Morgan fingerprint density at radius 2 is 1.74 bits per heavy atom. The van der Waals surface area contributed by atoms with Crippen molar-refractivity contribution in [1.29, 1.82) is 0 Å². The summed E-state index contributed by atoms with van der Waals surface area (Å²) in [5, 5.41) is 2.98. The molecule has 0 aliphatic heterocycles. The molecule has 0 spiro atoms. The number of nitrogens with one attached hydrogen (secondary N) is 1. The van der Waals surface area contributed by atoms with E-state index in [0.717, 1.165) is 27.8 Å². The van der Waals surface area contributed by atoms with E-state index in [-0.39, 0.29) is 19.1 Å². The van der Waals surface area contributed by atoms with Gasteiger partial charge in [-0.15, -0.1) is 0 Å². The second-order valence-electron chi connectivity index (χ2n) is 7.94. The maximum Gasteiger partial charge on any atom is 0.253 e. The van der Waals surface area contributed by atoms with Gasteiger partial charge in [0.25, 0.3) is 5.91 Å². The van der Waals surface area contributed by atoms with Gasteiger partial charge in [0.15, 0.2) is 11.5 Å². The van der Waals surface area contributed by atoms with E-state index >= 15 is 0 Å². The lowest BCUT2D eigenvalue weighted by Gasteiger charge is -2.14. The summed E-state index contributed by atoms with van der Waals surface area (Å²) in [6.07, 6.45) is 5.30. The molecule has 4 aromatic rings. The lowest BCUT2D eigenvalue weighted by Crippen LogP contribution is -2.24. The summed E-state index contributed by atoms with van der Waals surface area (Å²) in [6, 6.07) is 18.7. The molecule has 1 N–H and O–H groups in total. The highest BCUT2D eigenvalue weighted by Gasteiger charge is 2.17. The van der Waals surface area contributed by atoms with E-state index in [9.17, 15) is 9.18 Å².